The summed E-state index contributed by atoms with van der Waals surface area (Å²) in [7, 11) is 0. The normalized spacial score (nSPS) is 19.4. The van der Waals surface area contributed by atoms with Crippen molar-refractivity contribution in [3.63, 3.8) is 0 Å². The zero-order valence-corrected chi connectivity index (χ0v) is 17.4. The molecule has 1 aromatic heterocycles. The predicted octanol–water partition coefficient (Wildman–Crippen LogP) is 2.64. The minimum absolute atomic E-state index is 0. The highest BCUT2D eigenvalue weighted by atomic mass is 35.5. The highest BCUT2D eigenvalue weighted by Crippen LogP contribution is 2.20. The van der Waals surface area contributed by atoms with Gasteiger partial charge in [-0.2, -0.15) is 0 Å². The minimum atomic E-state index is 0. The number of hydrogen-bond donors (Lipinski definition) is 1. The monoisotopic (exact) mass is 423 g/mol. The van der Waals surface area contributed by atoms with Crippen LogP contribution in [0.1, 0.15) is 12.8 Å². The van der Waals surface area contributed by atoms with Gasteiger partial charge >= 0.3 is 0 Å². The number of hydrogen-bond acceptors (Lipinski definition) is 5. The molecule has 3 heterocycles. The van der Waals surface area contributed by atoms with E-state index in [0.717, 1.165) is 69.3 Å². The van der Waals surface area contributed by atoms with Gasteiger partial charge in [0, 0.05) is 44.5 Å². The number of piperazine rings is 1. The molecule has 2 aliphatic rings. The number of halogens is 2. The van der Waals surface area contributed by atoms with Gasteiger partial charge in [0.25, 0.3) is 0 Å². The summed E-state index contributed by atoms with van der Waals surface area (Å²) in [6.07, 6.45) is 3.92. The van der Waals surface area contributed by atoms with E-state index in [1.807, 2.05) is 35.4 Å². The van der Waals surface area contributed by atoms with E-state index >= 15 is 0 Å². The summed E-state index contributed by atoms with van der Waals surface area (Å²) in [6, 6.07) is 12.1. The van der Waals surface area contributed by atoms with Gasteiger partial charge in [-0.3, -0.25) is 4.79 Å². The molecule has 1 atom stereocenters. The Kier molecular flexibility index (Phi) is 8.48. The van der Waals surface area contributed by atoms with Gasteiger partial charge in [-0.15, -0.1) is 24.8 Å². The van der Waals surface area contributed by atoms with Crippen LogP contribution in [-0.4, -0.2) is 60.0 Å². The summed E-state index contributed by atoms with van der Waals surface area (Å²) in [4.78, 5) is 26.0. The lowest BCUT2D eigenvalue weighted by atomic mass is 9.98. The lowest BCUT2D eigenvalue weighted by molar-refractivity contribution is -0.136. The van der Waals surface area contributed by atoms with Crippen molar-refractivity contribution in [2.75, 3.05) is 44.2 Å². The SMILES string of the molecule is Cl.Cl.O=C(C1CCCNC1)N1CCN(c2nccc(-c3ccccc3)n2)CC1. The molecule has 2 fully saturated rings. The lowest BCUT2D eigenvalue weighted by Crippen LogP contribution is -2.52. The van der Waals surface area contributed by atoms with Crippen LogP contribution in [0.3, 0.4) is 0 Å². The van der Waals surface area contributed by atoms with E-state index in [9.17, 15) is 4.79 Å². The molecule has 4 rings (SSSR count). The molecule has 0 saturated carbocycles. The molecular weight excluding hydrogens is 397 g/mol. The number of carbonyl (C=O) groups excluding carboxylic acids is 1. The van der Waals surface area contributed by atoms with Crippen molar-refractivity contribution >= 4 is 36.7 Å². The zero-order chi connectivity index (χ0) is 17.8. The summed E-state index contributed by atoms with van der Waals surface area (Å²) in [6.45, 7) is 4.91. The van der Waals surface area contributed by atoms with Gasteiger partial charge in [-0.05, 0) is 25.5 Å². The zero-order valence-electron chi connectivity index (χ0n) is 15.8. The van der Waals surface area contributed by atoms with Gasteiger partial charge < -0.3 is 15.1 Å². The van der Waals surface area contributed by atoms with Crippen molar-refractivity contribution in [2.45, 2.75) is 12.8 Å². The number of carbonyl (C=O) groups is 1. The maximum atomic E-state index is 12.7. The summed E-state index contributed by atoms with van der Waals surface area (Å²) in [5, 5.41) is 3.33. The first-order chi connectivity index (χ1) is 12.8. The van der Waals surface area contributed by atoms with Gasteiger partial charge in [-0.25, -0.2) is 9.97 Å². The van der Waals surface area contributed by atoms with Gasteiger partial charge in [0.1, 0.15) is 0 Å². The molecule has 0 radical (unpaired) electrons. The Morgan fingerprint density at radius 3 is 2.46 bits per heavy atom. The summed E-state index contributed by atoms with van der Waals surface area (Å²) in [5.41, 5.74) is 2.03. The molecule has 0 bridgehead atoms. The second-order valence-electron chi connectivity index (χ2n) is 6.96. The molecule has 1 aromatic carbocycles. The van der Waals surface area contributed by atoms with Crippen molar-refractivity contribution < 1.29 is 4.79 Å². The molecular formula is C20H27Cl2N5O. The van der Waals surface area contributed by atoms with Crippen LogP contribution in [0.15, 0.2) is 42.6 Å². The van der Waals surface area contributed by atoms with E-state index in [4.69, 9.17) is 4.98 Å². The Bertz CT molecular complexity index is 747. The van der Waals surface area contributed by atoms with E-state index in [1.54, 1.807) is 0 Å². The number of anilines is 1. The van der Waals surface area contributed by atoms with E-state index < -0.39 is 0 Å². The Morgan fingerprint density at radius 1 is 1.04 bits per heavy atom. The highest BCUT2D eigenvalue weighted by Gasteiger charge is 2.29. The molecule has 1 unspecified atom stereocenters. The second kappa shape index (κ2) is 10.6. The molecule has 6 nitrogen and oxygen atoms in total. The fraction of sp³-hybridized carbons (Fsp3) is 0.450. The minimum Gasteiger partial charge on any atom is -0.339 e. The van der Waals surface area contributed by atoms with Crippen molar-refractivity contribution in [3.05, 3.63) is 42.6 Å². The Hall–Kier alpha value is -1.89. The number of rotatable bonds is 3. The lowest BCUT2D eigenvalue weighted by Gasteiger charge is -2.37. The largest absolute Gasteiger partial charge is 0.339 e. The van der Waals surface area contributed by atoms with Crippen LogP contribution < -0.4 is 10.2 Å². The Balaban J connectivity index is 0.00000140. The number of benzene rings is 1. The fourth-order valence-corrected chi connectivity index (χ4v) is 3.72. The molecule has 8 heteroatoms. The number of nitrogens with zero attached hydrogens (tertiary/aromatic N) is 4. The standard InChI is InChI=1S/C20H25N5O.2ClH/c26-19(17-7-4-9-21-15-17)24-11-13-25(14-12-24)20-22-10-8-18(23-20)16-5-2-1-3-6-16;;/h1-3,5-6,8,10,17,21H,4,7,9,11-15H2;2*1H. The predicted molar refractivity (Wildman–Crippen MR) is 116 cm³/mol. The molecule has 2 aliphatic heterocycles. The van der Waals surface area contributed by atoms with Gasteiger partial charge in [0.05, 0.1) is 11.6 Å². The first-order valence-corrected chi connectivity index (χ1v) is 9.44. The van der Waals surface area contributed by atoms with Crippen molar-refractivity contribution in [3.8, 4) is 11.3 Å². The maximum absolute atomic E-state index is 12.7. The molecule has 2 saturated heterocycles. The second-order valence-corrected chi connectivity index (χ2v) is 6.96. The molecule has 28 heavy (non-hydrogen) atoms. The van der Waals surface area contributed by atoms with E-state index in [1.165, 1.54) is 0 Å². The van der Waals surface area contributed by atoms with Crippen molar-refractivity contribution in [2.24, 2.45) is 5.92 Å². The average molecular weight is 424 g/mol. The number of amides is 1. The average Bonchev–Trinajstić information content (AvgIpc) is 2.75. The van der Waals surface area contributed by atoms with Crippen LogP contribution in [0, 0.1) is 5.92 Å². The third-order valence-corrected chi connectivity index (χ3v) is 5.23. The summed E-state index contributed by atoms with van der Waals surface area (Å²) < 4.78 is 0. The Morgan fingerprint density at radius 2 is 1.79 bits per heavy atom. The first kappa shape index (κ1) is 22.4. The summed E-state index contributed by atoms with van der Waals surface area (Å²) >= 11 is 0. The van der Waals surface area contributed by atoms with Crippen LogP contribution in [0.4, 0.5) is 5.95 Å². The number of piperidine rings is 1. The van der Waals surface area contributed by atoms with Crippen molar-refractivity contribution in [1.82, 2.24) is 20.2 Å². The van der Waals surface area contributed by atoms with Crippen LogP contribution in [0.5, 0.6) is 0 Å². The molecule has 0 spiro atoms. The fourth-order valence-electron chi connectivity index (χ4n) is 3.72. The molecule has 2 aromatic rings. The van der Waals surface area contributed by atoms with Crippen LogP contribution >= 0.6 is 24.8 Å². The molecule has 1 N–H and O–H groups in total. The van der Waals surface area contributed by atoms with Crippen LogP contribution in [0.2, 0.25) is 0 Å². The van der Waals surface area contributed by atoms with Gasteiger partial charge in [0.15, 0.2) is 0 Å². The van der Waals surface area contributed by atoms with Crippen LogP contribution in [-0.2, 0) is 4.79 Å². The molecule has 152 valence electrons. The van der Waals surface area contributed by atoms with E-state index in [-0.39, 0.29) is 30.7 Å². The number of nitrogens with one attached hydrogen (secondary N) is 1. The van der Waals surface area contributed by atoms with E-state index in [2.05, 4.69) is 27.3 Å². The third kappa shape index (κ3) is 5.13. The van der Waals surface area contributed by atoms with Crippen molar-refractivity contribution in [1.29, 1.82) is 0 Å². The smallest absolute Gasteiger partial charge is 0.227 e. The first-order valence-electron chi connectivity index (χ1n) is 9.44. The third-order valence-electron chi connectivity index (χ3n) is 5.23. The summed E-state index contributed by atoms with van der Waals surface area (Å²) in [5.74, 6) is 1.20. The van der Waals surface area contributed by atoms with E-state index in [0.29, 0.717) is 5.91 Å². The topological polar surface area (TPSA) is 61.4 Å². The Labute approximate surface area is 178 Å². The molecule has 1 amide bonds. The molecule has 0 aliphatic carbocycles. The van der Waals surface area contributed by atoms with Crippen LogP contribution in [0.25, 0.3) is 11.3 Å². The quantitative estimate of drug-likeness (QED) is 0.821. The van der Waals surface area contributed by atoms with Gasteiger partial charge in [-0.1, -0.05) is 30.3 Å². The highest BCUT2D eigenvalue weighted by molar-refractivity contribution is 5.85. The van der Waals surface area contributed by atoms with Gasteiger partial charge in [0.2, 0.25) is 11.9 Å². The maximum Gasteiger partial charge on any atom is 0.227 e. The number of aromatic nitrogens is 2.